The van der Waals surface area contributed by atoms with Gasteiger partial charge in [0.15, 0.2) is 5.82 Å². The minimum atomic E-state index is -0.575. The van der Waals surface area contributed by atoms with Gasteiger partial charge in [0.1, 0.15) is 12.1 Å². The molecule has 3 rings (SSSR count). The number of anilines is 1. The third-order valence-corrected chi connectivity index (χ3v) is 4.48. The van der Waals surface area contributed by atoms with E-state index in [1.54, 1.807) is 38.7 Å². The Kier molecular flexibility index (Phi) is 6.02. The van der Waals surface area contributed by atoms with Crippen LogP contribution in [-0.4, -0.2) is 47.4 Å². The van der Waals surface area contributed by atoms with Crippen LogP contribution in [0.25, 0.3) is 0 Å². The molecule has 0 fully saturated rings. The summed E-state index contributed by atoms with van der Waals surface area (Å²) in [7, 11) is 3.22. The molecule has 2 N–H and O–H groups in total. The number of hydrogen-bond acceptors (Lipinski definition) is 6. The summed E-state index contributed by atoms with van der Waals surface area (Å²) in [6, 6.07) is 5.28. The van der Waals surface area contributed by atoms with Gasteiger partial charge in [0, 0.05) is 32.4 Å². The van der Waals surface area contributed by atoms with Gasteiger partial charge in [-0.25, -0.2) is 0 Å². The highest BCUT2D eigenvalue weighted by molar-refractivity contribution is 6.01. The Morgan fingerprint density at radius 1 is 1.41 bits per heavy atom. The number of ether oxygens (including phenoxy) is 2. The zero-order valence-corrected chi connectivity index (χ0v) is 15.4. The number of nitrogens with zero attached hydrogens (tertiary/aromatic N) is 3. The van der Waals surface area contributed by atoms with Crippen molar-refractivity contribution in [3.05, 3.63) is 35.9 Å². The lowest BCUT2D eigenvalue weighted by Gasteiger charge is -2.25. The van der Waals surface area contributed by atoms with Gasteiger partial charge < -0.3 is 24.7 Å². The Balaban J connectivity index is 1.69. The molecule has 1 aromatic heterocycles. The van der Waals surface area contributed by atoms with Crippen molar-refractivity contribution in [2.45, 2.75) is 31.8 Å². The van der Waals surface area contributed by atoms with Crippen LogP contribution in [0, 0.1) is 0 Å². The van der Waals surface area contributed by atoms with E-state index < -0.39 is 5.92 Å². The maximum absolute atomic E-state index is 12.8. The quantitative estimate of drug-likeness (QED) is 0.670. The third-order valence-electron chi connectivity index (χ3n) is 4.48. The summed E-state index contributed by atoms with van der Waals surface area (Å²) >= 11 is 0. The Morgan fingerprint density at radius 2 is 2.26 bits per heavy atom. The molecule has 0 spiro atoms. The molecule has 1 aliphatic heterocycles. The van der Waals surface area contributed by atoms with Crippen LogP contribution in [0.1, 0.15) is 30.1 Å². The van der Waals surface area contributed by atoms with E-state index in [0.717, 1.165) is 12.0 Å². The molecule has 0 bridgehead atoms. The van der Waals surface area contributed by atoms with E-state index in [2.05, 4.69) is 20.8 Å². The molecular formula is C18H23N5O4. The van der Waals surface area contributed by atoms with E-state index in [4.69, 9.17) is 9.47 Å². The Labute approximate surface area is 157 Å². The molecule has 1 atom stereocenters. The first-order valence-corrected chi connectivity index (χ1v) is 8.73. The molecule has 9 nitrogen and oxygen atoms in total. The fourth-order valence-electron chi connectivity index (χ4n) is 3.07. The highest BCUT2D eigenvalue weighted by Gasteiger charge is 2.31. The van der Waals surface area contributed by atoms with Crippen molar-refractivity contribution in [2.24, 2.45) is 0 Å². The zero-order valence-electron chi connectivity index (χ0n) is 15.4. The van der Waals surface area contributed by atoms with Crippen molar-refractivity contribution in [3.8, 4) is 5.75 Å². The molecule has 0 radical (unpaired) electrons. The summed E-state index contributed by atoms with van der Waals surface area (Å²) in [6.07, 6.45) is 2.54. The molecule has 0 aliphatic carbocycles. The van der Waals surface area contributed by atoms with Crippen molar-refractivity contribution in [3.63, 3.8) is 0 Å². The van der Waals surface area contributed by atoms with E-state index in [-0.39, 0.29) is 24.8 Å². The van der Waals surface area contributed by atoms with E-state index in [9.17, 15) is 9.59 Å². The fourth-order valence-corrected chi connectivity index (χ4v) is 3.07. The summed E-state index contributed by atoms with van der Waals surface area (Å²) < 4.78 is 12.2. The monoisotopic (exact) mass is 373 g/mol. The van der Waals surface area contributed by atoms with Crippen LogP contribution >= 0.6 is 0 Å². The summed E-state index contributed by atoms with van der Waals surface area (Å²) in [5.41, 5.74) is 1.38. The summed E-state index contributed by atoms with van der Waals surface area (Å²) in [4.78, 5) is 24.7. The Hall–Kier alpha value is -2.94. The number of aromatic nitrogens is 3. The molecule has 1 aliphatic rings. The topological polar surface area (TPSA) is 107 Å². The molecule has 27 heavy (non-hydrogen) atoms. The summed E-state index contributed by atoms with van der Waals surface area (Å²) in [5.74, 6) is 0.307. The molecule has 0 saturated carbocycles. The first-order valence-electron chi connectivity index (χ1n) is 8.73. The molecule has 144 valence electrons. The van der Waals surface area contributed by atoms with E-state index in [1.165, 1.54) is 0 Å². The second-order valence-corrected chi connectivity index (χ2v) is 6.26. The second-order valence-electron chi connectivity index (χ2n) is 6.26. The number of hydrogen-bond donors (Lipinski definition) is 2. The van der Waals surface area contributed by atoms with Crippen LogP contribution in [0.4, 0.5) is 5.69 Å². The minimum absolute atomic E-state index is 0.0898. The molecule has 2 aromatic rings. The van der Waals surface area contributed by atoms with Crippen molar-refractivity contribution in [2.75, 3.05) is 26.1 Å². The van der Waals surface area contributed by atoms with Gasteiger partial charge in [0.2, 0.25) is 11.8 Å². The van der Waals surface area contributed by atoms with Crippen LogP contribution < -0.4 is 15.4 Å². The largest absolute Gasteiger partial charge is 0.497 e. The lowest BCUT2D eigenvalue weighted by atomic mass is 9.89. The van der Waals surface area contributed by atoms with Gasteiger partial charge in [-0.15, -0.1) is 10.2 Å². The number of methoxy groups -OCH3 is 2. The maximum atomic E-state index is 12.8. The number of aryl methyl sites for hydroxylation is 1. The van der Waals surface area contributed by atoms with Crippen LogP contribution in [0.5, 0.6) is 5.75 Å². The third kappa shape index (κ3) is 4.43. The van der Waals surface area contributed by atoms with Gasteiger partial charge >= 0.3 is 0 Å². The van der Waals surface area contributed by atoms with Gasteiger partial charge in [-0.3, -0.25) is 9.59 Å². The van der Waals surface area contributed by atoms with Crippen molar-refractivity contribution in [1.29, 1.82) is 0 Å². The number of nitrogens with one attached hydrogen (secondary N) is 2. The predicted octanol–water partition coefficient (Wildman–Crippen LogP) is 1.07. The lowest BCUT2D eigenvalue weighted by molar-refractivity contribution is -0.126. The molecule has 1 unspecified atom stereocenters. The molecule has 1 aromatic carbocycles. The normalized spacial score (nSPS) is 15.8. The Morgan fingerprint density at radius 3 is 3.04 bits per heavy atom. The number of fused-ring (bicyclic) bond motifs is 1. The van der Waals surface area contributed by atoms with Crippen molar-refractivity contribution < 1.29 is 19.1 Å². The minimum Gasteiger partial charge on any atom is -0.497 e. The second kappa shape index (κ2) is 8.63. The lowest BCUT2D eigenvalue weighted by Crippen LogP contribution is -2.35. The maximum Gasteiger partial charge on any atom is 0.228 e. The highest BCUT2D eigenvalue weighted by Crippen LogP contribution is 2.35. The van der Waals surface area contributed by atoms with Crippen molar-refractivity contribution >= 4 is 17.5 Å². The number of benzene rings is 1. The first kappa shape index (κ1) is 18.8. The molecular weight excluding hydrogens is 350 g/mol. The average Bonchev–Trinajstić information content (AvgIpc) is 3.12. The number of carbonyl (C=O) groups is 2. The van der Waals surface area contributed by atoms with E-state index >= 15 is 0 Å². The van der Waals surface area contributed by atoms with Crippen LogP contribution in [0.2, 0.25) is 0 Å². The van der Waals surface area contributed by atoms with E-state index in [1.807, 2.05) is 4.57 Å². The fraction of sp³-hybridized carbons (Fsp3) is 0.444. The molecule has 2 heterocycles. The SMILES string of the molecule is COCCCn1cnnc1CNC(=O)C1CC(=O)Nc2ccc(OC)cc21. The summed E-state index contributed by atoms with van der Waals surface area (Å²) in [5, 5.41) is 13.6. The molecule has 9 heteroatoms. The van der Waals surface area contributed by atoms with Gasteiger partial charge in [-0.05, 0) is 30.2 Å². The zero-order chi connectivity index (χ0) is 19.2. The molecule has 0 saturated heterocycles. The van der Waals surface area contributed by atoms with Crippen LogP contribution in [-0.2, 0) is 27.4 Å². The van der Waals surface area contributed by atoms with Gasteiger partial charge in [0.25, 0.3) is 0 Å². The van der Waals surface area contributed by atoms with Crippen LogP contribution in [0.3, 0.4) is 0 Å². The van der Waals surface area contributed by atoms with E-state index in [0.29, 0.717) is 30.4 Å². The van der Waals surface area contributed by atoms with Gasteiger partial charge in [-0.2, -0.15) is 0 Å². The predicted molar refractivity (Wildman–Crippen MR) is 97.3 cm³/mol. The number of rotatable bonds is 8. The van der Waals surface area contributed by atoms with Crippen molar-refractivity contribution in [1.82, 2.24) is 20.1 Å². The summed E-state index contributed by atoms with van der Waals surface area (Å²) in [6.45, 7) is 1.58. The first-order chi connectivity index (χ1) is 13.1. The highest BCUT2D eigenvalue weighted by atomic mass is 16.5. The van der Waals surface area contributed by atoms with Gasteiger partial charge in [-0.1, -0.05) is 0 Å². The van der Waals surface area contributed by atoms with Gasteiger partial charge in [0.05, 0.1) is 19.6 Å². The average molecular weight is 373 g/mol. The van der Waals surface area contributed by atoms with Crippen LogP contribution in [0.15, 0.2) is 24.5 Å². The standard InChI is InChI=1S/C18H23N5O4/c1-26-7-3-6-23-11-20-22-16(23)10-19-18(25)14-9-17(24)21-15-5-4-12(27-2)8-13(14)15/h4-5,8,11,14H,3,6-7,9-10H2,1-2H3,(H,19,25)(H,21,24). The number of amides is 2. The smallest absolute Gasteiger partial charge is 0.228 e. The number of carbonyl (C=O) groups excluding carboxylic acids is 2. The molecule has 2 amide bonds. The Bertz CT molecular complexity index is 820.